The van der Waals surface area contributed by atoms with E-state index in [1.165, 1.54) is 24.3 Å². The molecule has 0 fully saturated rings. The maximum Gasteiger partial charge on any atom is 0.227 e. The molecule has 3 rings (SSSR count). The zero-order chi connectivity index (χ0) is 17.6. The molecule has 1 aromatic heterocycles. The van der Waals surface area contributed by atoms with Gasteiger partial charge in [-0.2, -0.15) is 5.10 Å². The highest BCUT2D eigenvalue weighted by Crippen LogP contribution is 2.24. The summed E-state index contributed by atoms with van der Waals surface area (Å²) in [4.78, 5) is 12.2. The fourth-order valence-corrected chi connectivity index (χ4v) is 2.40. The summed E-state index contributed by atoms with van der Waals surface area (Å²) >= 11 is 6.02. The maximum atomic E-state index is 12.8. The van der Waals surface area contributed by atoms with E-state index in [1.807, 2.05) is 0 Å². The molecule has 1 amide bonds. The van der Waals surface area contributed by atoms with Crippen molar-refractivity contribution >= 4 is 23.2 Å². The van der Waals surface area contributed by atoms with Crippen LogP contribution in [0.1, 0.15) is 6.42 Å². The van der Waals surface area contributed by atoms with Gasteiger partial charge in [-0.1, -0.05) is 11.6 Å². The van der Waals surface area contributed by atoms with Crippen LogP contribution in [0.4, 0.5) is 10.1 Å². The van der Waals surface area contributed by atoms with Crippen LogP contribution in [0, 0.1) is 5.82 Å². The van der Waals surface area contributed by atoms with Gasteiger partial charge in [0.2, 0.25) is 5.91 Å². The number of halogens is 2. The molecule has 0 unspecified atom stereocenters. The van der Waals surface area contributed by atoms with Crippen molar-refractivity contribution in [1.29, 1.82) is 0 Å². The number of hydrogen-bond acceptors (Lipinski definition) is 3. The van der Waals surface area contributed by atoms with Gasteiger partial charge < -0.3 is 10.1 Å². The minimum atomic E-state index is -0.336. The van der Waals surface area contributed by atoms with Crippen LogP contribution in [-0.2, 0) is 4.79 Å². The molecule has 0 aliphatic carbocycles. The molecule has 0 aliphatic rings. The van der Waals surface area contributed by atoms with Gasteiger partial charge in [-0.3, -0.25) is 4.79 Å². The van der Waals surface area contributed by atoms with Gasteiger partial charge in [0.05, 0.1) is 24.4 Å². The van der Waals surface area contributed by atoms with E-state index >= 15 is 0 Å². The lowest BCUT2D eigenvalue weighted by atomic mass is 10.2. The Kier molecular flexibility index (Phi) is 5.30. The summed E-state index contributed by atoms with van der Waals surface area (Å²) in [6, 6.07) is 12.6. The van der Waals surface area contributed by atoms with E-state index in [2.05, 4.69) is 10.4 Å². The van der Waals surface area contributed by atoms with Crippen molar-refractivity contribution in [1.82, 2.24) is 9.78 Å². The van der Waals surface area contributed by atoms with E-state index in [-0.39, 0.29) is 24.8 Å². The third kappa shape index (κ3) is 4.58. The number of nitrogens with zero attached hydrogens (tertiary/aromatic N) is 2. The molecule has 1 heterocycles. The predicted octanol–water partition coefficient (Wildman–Crippen LogP) is 4.07. The number of benzene rings is 2. The monoisotopic (exact) mass is 359 g/mol. The fraction of sp³-hybridized carbons (Fsp3) is 0.111. The van der Waals surface area contributed by atoms with Gasteiger partial charge in [0, 0.05) is 17.4 Å². The molecular weight excluding hydrogens is 345 g/mol. The van der Waals surface area contributed by atoms with Crippen molar-refractivity contribution in [2.45, 2.75) is 6.42 Å². The third-order valence-electron chi connectivity index (χ3n) is 3.40. The van der Waals surface area contributed by atoms with Crippen molar-refractivity contribution in [3.8, 4) is 11.4 Å². The second-order valence-corrected chi connectivity index (χ2v) is 5.65. The predicted molar refractivity (Wildman–Crippen MR) is 93.7 cm³/mol. The minimum Gasteiger partial charge on any atom is -0.493 e. The first-order valence-electron chi connectivity index (χ1n) is 7.59. The molecule has 2 aromatic carbocycles. The van der Waals surface area contributed by atoms with E-state index in [9.17, 15) is 9.18 Å². The first-order chi connectivity index (χ1) is 12.1. The third-order valence-corrected chi connectivity index (χ3v) is 3.63. The molecule has 0 spiro atoms. The number of rotatable bonds is 6. The molecule has 25 heavy (non-hydrogen) atoms. The Labute approximate surface area is 149 Å². The average Bonchev–Trinajstić information content (AvgIpc) is 3.11. The van der Waals surface area contributed by atoms with Crippen LogP contribution in [-0.4, -0.2) is 22.3 Å². The summed E-state index contributed by atoms with van der Waals surface area (Å²) in [5.74, 6) is -0.0517. The molecule has 128 valence electrons. The molecule has 0 bridgehead atoms. The quantitative estimate of drug-likeness (QED) is 0.721. The number of carbonyl (C=O) groups is 1. The van der Waals surface area contributed by atoms with Crippen LogP contribution >= 0.6 is 11.6 Å². The van der Waals surface area contributed by atoms with Crippen LogP contribution in [0.25, 0.3) is 5.69 Å². The lowest BCUT2D eigenvalue weighted by Crippen LogP contribution is -2.16. The van der Waals surface area contributed by atoms with Crippen LogP contribution in [0.15, 0.2) is 60.9 Å². The van der Waals surface area contributed by atoms with E-state index in [4.69, 9.17) is 16.3 Å². The Morgan fingerprint density at radius 3 is 2.76 bits per heavy atom. The minimum absolute atomic E-state index is 0.141. The zero-order valence-electron chi connectivity index (χ0n) is 13.2. The lowest BCUT2D eigenvalue weighted by molar-refractivity contribution is -0.116. The van der Waals surface area contributed by atoms with Gasteiger partial charge in [-0.15, -0.1) is 0 Å². The van der Waals surface area contributed by atoms with E-state index in [0.717, 1.165) is 0 Å². The van der Waals surface area contributed by atoms with E-state index < -0.39 is 0 Å². The number of nitrogens with one attached hydrogen (secondary N) is 1. The van der Waals surface area contributed by atoms with E-state index in [1.54, 1.807) is 41.3 Å². The molecule has 0 atom stereocenters. The van der Waals surface area contributed by atoms with Gasteiger partial charge in [-0.25, -0.2) is 9.07 Å². The van der Waals surface area contributed by atoms with Gasteiger partial charge in [-0.05, 0) is 48.5 Å². The summed E-state index contributed by atoms with van der Waals surface area (Å²) in [5, 5.41) is 7.48. The van der Waals surface area contributed by atoms with Crippen LogP contribution in [0.3, 0.4) is 0 Å². The normalized spacial score (nSPS) is 10.5. The summed E-state index contributed by atoms with van der Waals surface area (Å²) in [6.07, 6.45) is 3.57. The molecule has 0 aliphatic heterocycles. The average molecular weight is 360 g/mol. The van der Waals surface area contributed by atoms with Crippen molar-refractivity contribution in [3.63, 3.8) is 0 Å². The number of anilines is 1. The van der Waals surface area contributed by atoms with Crippen LogP contribution < -0.4 is 10.1 Å². The van der Waals surface area contributed by atoms with Crippen LogP contribution in [0.5, 0.6) is 5.75 Å². The van der Waals surface area contributed by atoms with Crippen molar-refractivity contribution < 1.29 is 13.9 Å². The highest BCUT2D eigenvalue weighted by atomic mass is 35.5. The van der Waals surface area contributed by atoms with Crippen molar-refractivity contribution in [2.24, 2.45) is 0 Å². The van der Waals surface area contributed by atoms with E-state index in [0.29, 0.717) is 22.1 Å². The number of carbonyl (C=O) groups excluding carboxylic acids is 1. The Bertz CT molecular complexity index is 851. The molecule has 3 aromatic rings. The first kappa shape index (κ1) is 17.0. The largest absolute Gasteiger partial charge is 0.493 e. The second-order valence-electron chi connectivity index (χ2n) is 5.21. The Balaban J connectivity index is 1.61. The first-order valence-corrected chi connectivity index (χ1v) is 7.97. The molecule has 1 N–H and O–H groups in total. The second kappa shape index (κ2) is 7.81. The topological polar surface area (TPSA) is 56.1 Å². The Morgan fingerprint density at radius 1 is 1.24 bits per heavy atom. The van der Waals surface area contributed by atoms with Gasteiger partial charge in [0.1, 0.15) is 11.6 Å². The smallest absolute Gasteiger partial charge is 0.227 e. The summed E-state index contributed by atoms with van der Waals surface area (Å²) in [7, 11) is 0. The number of aromatic nitrogens is 2. The Morgan fingerprint density at radius 2 is 2.04 bits per heavy atom. The Hall–Kier alpha value is -2.86. The molecule has 0 saturated carbocycles. The highest BCUT2D eigenvalue weighted by molar-refractivity contribution is 6.31. The molecule has 5 nitrogen and oxygen atoms in total. The molecule has 0 saturated heterocycles. The number of ether oxygens (including phenoxy) is 1. The molecular formula is C18H15ClFN3O2. The fourth-order valence-electron chi connectivity index (χ4n) is 2.22. The standard InChI is InChI=1S/C18H15ClFN3O2/c19-13-2-7-17(23-10-1-9-21-23)16(12-13)22-18(24)8-11-25-15-5-3-14(20)4-6-15/h1-7,9-10,12H,8,11H2,(H,22,24). The zero-order valence-corrected chi connectivity index (χ0v) is 13.9. The van der Waals surface area contributed by atoms with Gasteiger partial charge >= 0.3 is 0 Å². The maximum absolute atomic E-state index is 12.8. The summed E-state index contributed by atoms with van der Waals surface area (Å²) in [5.41, 5.74) is 1.27. The number of hydrogen-bond donors (Lipinski definition) is 1. The SMILES string of the molecule is O=C(CCOc1ccc(F)cc1)Nc1cc(Cl)ccc1-n1cccn1. The van der Waals surface area contributed by atoms with Crippen molar-refractivity contribution in [3.05, 3.63) is 71.8 Å². The summed E-state index contributed by atoms with van der Waals surface area (Å²) < 4.78 is 19.9. The van der Waals surface area contributed by atoms with Crippen molar-refractivity contribution in [2.75, 3.05) is 11.9 Å². The molecule has 7 heteroatoms. The van der Waals surface area contributed by atoms with Crippen LogP contribution in [0.2, 0.25) is 5.02 Å². The number of amides is 1. The molecule has 0 radical (unpaired) electrons. The highest BCUT2D eigenvalue weighted by Gasteiger charge is 2.10. The summed E-state index contributed by atoms with van der Waals surface area (Å²) in [6.45, 7) is 0.176. The van der Waals surface area contributed by atoms with Gasteiger partial charge in [0.25, 0.3) is 0 Å². The lowest BCUT2D eigenvalue weighted by Gasteiger charge is -2.12. The van der Waals surface area contributed by atoms with Gasteiger partial charge in [0.15, 0.2) is 0 Å².